The summed E-state index contributed by atoms with van der Waals surface area (Å²) >= 11 is 6.20. The Labute approximate surface area is 173 Å². The Balaban J connectivity index is 1.91. The van der Waals surface area contributed by atoms with Crippen molar-refractivity contribution in [3.8, 4) is 0 Å². The van der Waals surface area contributed by atoms with E-state index in [1.165, 1.54) is 0 Å². The molecule has 1 heterocycles. The van der Waals surface area contributed by atoms with Crippen LogP contribution in [0.15, 0.2) is 24.3 Å². The first-order valence-corrected chi connectivity index (χ1v) is 10.4. The third kappa shape index (κ3) is 7.95. The number of carbonyl (C=O) groups excluding carboxylic acids is 1. The maximum Gasteiger partial charge on any atom is 0.410 e. The van der Waals surface area contributed by atoms with Crippen LogP contribution in [0, 0.1) is 0 Å². The highest BCUT2D eigenvalue weighted by Gasteiger charge is 2.28. The van der Waals surface area contributed by atoms with Crippen LogP contribution in [-0.4, -0.2) is 62.5 Å². The molecule has 1 aromatic rings. The molecule has 0 aromatic heterocycles. The summed E-state index contributed by atoms with van der Waals surface area (Å²) in [6.07, 6.45) is 1.57. The lowest BCUT2D eigenvalue weighted by Gasteiger charge is -2.35. The Kier molecular flexibility index (Phi) is 9.02. The molecule has 1 atom stereocenters. The summed E-state index contributed by atoms with van der Waals surface area (Å²) in [5, 5.41) is 7.91. The molecule has 6 nitrogen and oxygen atoms in total. The van der Waals surface area contributed by atoms with Crippen LogP contribution in [0.4, 0.5) is 4.79 Å². The van der Waals surface area contributed by atoms with Gasteiger partial charge in [0.05, 0.1) is 6.61 Å². The summed E-state index contributed by atoms with van der Waals surface area (Å²) in [6.45, 7) is 9.35. The van der Waals surface area contributed by atoms with E-state index in [4.69, 9.17) is 21.1 Å². The third-order valence-corrected chi connectivity index (χ3v) is 4.90. The smallest absolute Gasteiger partial charge is 0.410 e. The molecule has 1 aromatic carbocycles. The van der Waals surface area contributed by atoms with Crippen LogP contribution in [0.5, 0.6) is 0 Å². The van der Waals surface area contributed by atoms with Crippen molar-refractivity contribution in [2.24, 2.45) is 0 Å². The molecule has 2 N–H and O–H groups in total. The summed E-state index contributed by atoms with van der Waals surface area (Å²) in [6, 6.07) is 8.46. The van der Waals surface area contributed by atoms with Crippen LogP contribution >= 0.6 is 11.6 Å². The van der Waals surface area contributed by atoms with Gasteiger partial charge in [-0.2, -0.15) is 0 Å². The Morgan fingerprint density at radius 1 is 1.32 bits per heavy atom. The highest BCUT2D eigenvalue weighted by atomic mass is 35.5. The standard InChI is InChI=1S/C21H34ClN3O3/c1-21(2,3)28-20(26)25-11-8-18(9-12-25)24-19(15-23-10-13-27-4)16-6-5-7-17(22)14-16/h5-7,14,18-19,23-24H,8-13,15H2,1-4H3. The number of ether oxygens (including phenoxy) is 2. The average molecular weight is 412 g/mol. The number of hydrogen-bond donors (Lipinski definition) is 2. The molecule has 0 radical (unpaired) electrons. The molecule has 1 saturated heterocycles. The van der Waals surface area contributed by atoms with Crippen LogP contribution in [0.25, 0.3) is 0 Å². The molecule has 1 aliphatic heterocycles. The Morgan fingerprint density at radius 3 is 2.64 bits per heavy atom. The predicted molar refractivity (Wildman–Crippen MR) is 113 cm³/mol. The molecule has 1 unspecified atom stereocenters. The molecule has 1 fully saturated rings. The van der Waals surface area contributed by atoms with Crippen molar-refractivity contribution >= 4 is 17.7 Å². The normalized spacial score (nSPS) is 16.8. The topological polar surface area (TPSA) is 62.8 Å². The molecule has 158 valence electrons. The van der Waals surface area contributed by atoms with E-state index in [1.54, 1.807) is 12.0 Å². The van der Waals surface area contributed by atoms with Gasteiger partial charge in [-0.25, -0.2) is 4.79 Å². The van der Waals surface area contributed by atoms with E-state index >= 15 is 0 Å². The summed E-state index contributed by atoms with van der Waals surface area (Å²) in [5.74, 6) is 0. The Morgan fingerprint density at radius 2 is 2.04 bits per heavy atom. The molecule has 0 aliphatic carbocycles. The molecule has 0 bridgehead atoms. The van der Waals surface area contributed by atoms with Gasteiger partial charge in [0.1, 0.15) is 5.60 Å². The van der Waals surface area contributed by atoms with Crippen molar-refractivity contribution in [1.82, 2.24) is 15.5 Å². The van der Waals surface area contributed by atoms with Crippen LogP contribution in [0.3, 0.4) is 0 Å². The van der Waals surface area contributed by atoms with Gasteiger partial charge >= 0.3 is 6.09 Å². The van der Waals surface area contributed by atoms with Crippen LogP contribution in [0.2, 0.25) is 5.02 Å². The van der Waals surface area contributed by atoms with Crippen molar-refractivity contribution in [3.63, 3.8) is 0 Å². The third-order valence-electron chi connectivity index (χ3n) is 4.67. The number of amides is 1. The van der Waals surface area contributed by atoms with Gasteiger partial charge in [-0.1, -0.05) is 23.7 Å². The van der Waals surface area contributed by atoms with Gasteiger partial charge in [0.15, 0.2) is 0 Å². The highest BCUT2D eigenvalue weighted by molar-refractivity contribution is 6.30. The molecule has 2 rings (SSSR count). The number of rotatable bonds is 8. The number of likely N-dealkylation sites (tertiary alicyclic amines) is 1. The van der Waals surface area contributed by atoms with Crippen LogP contribution in [0.1, 0.15) is 45.2 Å². The Bertz CT molecular complexity index is 613. The van der Waals surface area contributed by atoms with E-state index in [1.807, 2.05) is 39.0 Å². The minimum atomic E-state index is -0.461. The predicted octanol–water partition coefficient (Wildman–Crippen LogP) is 3.61. The molecular formula is C21H34ClN3O3. The summed E-state index contributed by atoms with van der Waals surface area (Å²) in [5.41, 5.74) is 0.699. The van der Waals surface area contributed by atoms with Crippen molar-refractivity contribution in [1.29, 1.82) is 0 Å². The fourth-order valence-corrected chi connectivity index (χ4v) is 3.46. The maximum atomic E-state index is 12.3. The fraction of sp³-hybridized carbons (Fsp3) is 0.667. The zero-order valence-corrected chi connectivity index (χ0v) is 18.2. The monoisotopic (exact) mass is 411 g/mol. The number of piperidine rings is 1. The summed E-state index contributed by atoms with van der Waals surface area (Å²) < 4.78 is 10.6. The van der Waals surface area contributed by atoms with Crippen molar-refractivity contribution in [2.45, 2.75) is 51.3 Å². The molecule has 1 aliphatic rings. The van der Waals surface area contributed by atoms with E-state index in [9.17, 15) is 4.79 Å². The fourth-order valence-electron chi connectivity index (χ4n) is 3.26. The minimum Gasteiger partial charge on any atom is -0.444 e. The average Bonchev–Trinajstić information content (AvgIpc) is 2.63. The quantitative estimate of drug-likeness (QED) is 0.640. The van der Waals surface area contributed by atoms with Gasteiger partial charge in [-0.3, -0.25) is 0 Å². The van der Waals surface area contributed by atoms with Crippen molar-refractivity contribution in [3.05, 3.63) is 34.9 Å². The first kappa shape index (κ1) is 22.9. The number of halogens is 1. The van der Waals surface area contributed by atoms with E-state index in [2.05, 4.69) is 16.7 Å². The number of carbonyl (C=O) groups is 1. The molecule has 0 spiro atoms. The van der Waals surface area contributed by atoms with Gasteiger partial charge < -0.3 is 25.0 Å². The first-order chi connectivity index (χ1) is 13.3. The minimum absolute atomic E-state index is 0.147. The number of nitrogens with one attached hydrogen (secondary N) is 2. The second kappa shape index (κ2) is 11.0. The molecule has 28 heavy (non-hydrogen) atoms. The summed E-state index contributed by atoms with van der Waals surface area (Å²) in [7, 11) is 1.70. The van der Waals surface area contributed by atoms with Crippen molar-refractivity contribution < 1.29 is 14.3 Å². The lowest BCUT2D eigenvalue weighted by molar-refractivity contribution is 0.0195. The van der Waals surface area contributed by atoms with E-state index in [0.717, 1.165) is 36.5 Å². The van der Waals surface area contributed by atoms with Gasteiger partial charge in [-0.05, 0) is 51.3 Å². The SMILES string of the molecule is COCCNCC(NC1CCN(C(=O)OC(C)(C)C)CC1)c1cccc(Cl)c1. The second-order valence-corrected chi connectivity index (χ2v) is 8.65. The van der Waals surface area contributed by atoms with E-state index in [-0.39, 0.29) is 12.1 Å². The van der Waals surface area contributed by atoms with Gasteiger partial charge in [-0.15, -0.1) is 0 Å². The first-order valence-electron chi connectivity index (χ1n) is 9.97. The maximum absolute atomic E-state index is 12.3. The van der Waals surface area contributed by atoms with Gasteiger partial charge in [0, 0.05) is 50.4 Å². The largest absolute Gasteiger partial charge is 0.444 e. The highest BCUT2D eigenvalue weighted by Crippen LogP contribution is 2.21. The van der Waals surface area contributed by atoms with Crippen LogP contribution in [-0.2, 0) is 9.47 Å². The molecule has 1 amide bonds. The number of hydrogen-bond acceptors (Lipinski definition) is 5. The van der Waals surface area contributed by atoms with Crippen LogP contribution < -0.4 is 10.6 Å². The molecule has 7 heteroatoms. The number of nitrogens with zero attached hydrogens (tertiary/aromatic N) is 1. The van der Waals surface area contributed by atoms with E-state index in [0.29, 0.717) is 25.7 Å². The number of methoxy groups -OCH3 is 1. The van der Waals surface area contributed by atoms with Gasteiger partial charge in [0.25, 0.3) is 0 Å². The lowest BCUT2D eigenvalue weighted by Crippen LogP contribution is -2.48. The zero-order chi connectivity index (χ0) is 20.6. The second-order valence-electron chi connectivity index (χ2n) is 8.21. The lowest BCUT2D eigenvalue weighted by atomic mass is 10.0. The zero-order valence-electron chi connectivity index (χ0n) is 17.5. The Hall–Kier alpha value is -1.34. The van der Waals surface area contributed by atoms with E-state index < -0.39 is 5.60 Å². The molecular weight excluding hydrogens is 378 g/mol. The van der Waals surface area contributed by atoms with Gasteiger partial charge in [0.2, 0.25) is 0 Å². The number of benzene rings is 1. The van der Waals surface area contributed by atoms with Crippen molar-refractivity contribution in [2.75, 3.05) is 39.9 Å². The summed E-state index contributed by atoms with van der Waals surface area (Å²) in [4.78, 5) is 14.1. The molecule has 0 saturated carbocycles.